The Bertz CT molecular complexity index is 771. The summed E-state index contributed by atoms with van der Waals surface area (Å²) in [4.78, 5) is 16.2. The van der Waals surface area contributed by atoms with E-state index >= 15 is 0 Å². The van der Waals surface area contributed by atoms with Gasteiger partial charge in [0.1, 0.15) is 6.04 Å². The number of carbonyl (C=O) groups is 1. The lowest BCUT2D eigenvalue weighted by molar-refractivity contribution is -0.117. The molecule has 23 heavy (non-hydrogen) atoms. The fourth-order valence-electron chi connectivity index (χ4n) is 2.32. The first-order valence-electron chi connectivity index (χ1n) is 7.36. The predicted octanol–water partition coefficient (Wildman–Crippen LogP) is 3.39. The Kier molecular flexibility index (Phi) is 4.45. The molecule has 0 saturated carbocycles. The number of anilines is 1. The predicted molar refractivity (Wildman–Crippen MR) is 91.7 cm³/mol. The number of pyridine rings is 1. The molecular formula is C19H17N3O. The molecule has 0 aliphatic rings. The van der Waals surface area contributed by atoms with Crippen molar-refractivity contribution in [2.45, 2.75) is 6.04 Å². The second-order valence-corrected chi connectivity index (χ2v) is 5.19. The van der Waals surface area contributed by atoms with Gasteiger partial charge in [-0.3, -0.25) is 9.78 Å². The first kappa shape index (κ1) is 14.9. The maximum absolute atomic E-state index is 12.2. The summed E-state index contributed by atoms with van der Waals surface area (Å²) in [7, 11) is 0. The second-order valence-electron chi connectivity index (χ2n) is 5.19. The molecule has 2 aromatic carbocycles. The fraction of sp³-hybridized carbons (Fsp3) is 0.0526. The summed E-state index contributed by atoms with van der Waals surface area (Å²) >= 11 is 0. The van der Waals surface area contributed by atoms with Gasteiger partial charge in [-0.15, -0.1) is 0 Å². The summed E-state index contributed by atoms with van der Waals surface area (Å²) in [5, 5.41) is 2.84. The van der Waals surface area contributed by atoms with Crippen molar-refractivity contribution in [2.24, 2.45) is 5.73 Å². The van der Waals surface area contributed by atoms with E-state index in [0.717, 1.165) is 22.4 Å². The van der Waals surface area contributed by atoms with Gasteiger partial charge in [0.2, 0.25) is 5.91 Å². The van der Waals surface area contributed by atoms with Crippen molar-refractivity contribution in [3.8, 4) is 11.1 Å². The van der Waals surface area contributed by atoms with E-state index in [-0.39, 0.29) is 5.91 Å². The normalized spacial score (nSPS) is 11.7. The van der Waals surface area contributed by atoms with Crippen LogP contribution in [-0.2, 0) is 4.79 Å². The van der Waals surface area contributed by atoms with Crippen LogP contribution in [0.15, 0.2) is 79.1 Å². The van der Waals surface area contributed by atoms with Crippen LogP contribution in [0, 0.1) is 0 Å². The fourth-order valence-corrected chi connectivity index (χ4v) is 2.32. The van der Waals surface area contributed by atoms with Crippen LogP contribution < -0.4 is 11.1 Å². The third-order valence-corrected chi connectivity index (χ3v) is 3.61. The molecule has 0 saturated heterocycles. The first-order chi connectivity index (χ1) is 11.2. The average molecular weight is 303 g/mol. The highest BCUT2D eigenvalue weighted by atomic mass is 16.2. The van der Waals surface area contributed by atoms with E-state index in [0.29, 0.717) is 0 Å². The van der Waals surface area contributed by atoms with Crippen LogP contribution in [0.2, 0.25) is 0 Å². The maximum atomic E-state index is 12.2. The molecule has 0 spiro atoms. The smallest absolute Gasteiger partial charge is 0.245 e. The van der Waals surface area contributed by atoms with E-state index in [1.807, 2.05) is 66.7 Å². The van der Waals surface area contributed by atoms with Gasteiger partial charge in [0.25, 0.3) is 0 Å². The number of amides is 1. The van der Waals surface area contributed by atoms with Gasteiger partial charge >= 0.3 is 0 Å². The second kappa shape index (κ2) is 6.85. The van der Waals surface area contributed by atoms with E-state index in [9.17, 15) is 4.79 Å². The Balaban J connectivity index is 1.70. The van der Waals surface area contributed by atoms with Crippen LogP contribution in [0.3, 0.4) is 0 Å². The first-order valence-corrected chi connectivity index (χ1v) is 7.36. The molecule has 0 aliphatic heterocycles. The highest BCUT2D eigenvalue weighted by Crippen LogP contribution is 2.21. The van der Waals surface area contributed by atoms with Crippen LogP contribution in [-0.4, -0.2) is 10.9 Å². The molecule has 0 unspecified atom stereocenters. The van der Waals surface area contributed by atoms with Crippen molar-refractivity contribution in [1.82, 2.24) is 4.98 Å². The third-order valence-electron chi connectivity index (χ3n) is 3.61. The Labute approximate surface area is 135 Å². The molecule has 1 amide bonds. The summed E-state index contributed by atoms with van der Waals surface area (Å²) in [5.41, 5.74) is 9.65. The molecule has 0 radical (unpaired) electrons. The largest absolute Gasteiger partial charge is 0.324 e. The lowest BCUT2D eigenvalue weighted by Gasteiger charge is -2.13. The zero-order chi connectivity index (χ0) is 16.1. The van der Waals surface area contributed by atoms with Crippen molar-refractivity contribution >= 4 is 11.6 Å². The van der Waals surface area contributed by atoms with E-state index in [2.05, 4.69) is 10.3 Å². The van der Waals surface area contributed by atoms with Crippen molar-refractivity contribution in [2.75, 3.05) is 5.32 Å². The molecule has 1 heterocycles. The van der Waals surface area contributed by atoms with Crippen LogP contribution in [0.1, 0.15) is 11.6 Å². The molecule has 0 fully saturated rings. The number of benzene rings is 2. The van der Waals surface area contributed by atoms with E-state index in [4.69, 9.17) is 5.73 Å². The van der Waals surface area contributed by atoms with Crippen LogP contribution in [0.25, 0.3) is 11.1 Å². The molecule has 3 aromatic rings. The van der Waals surface area contributed by atoms with E-state index in [1.165, 1.54) is 0 Å². The molecule has 3 N–H and O–H groups in total. The summed E-state index contributed by atoms with van der Waals surface area (Å²) < 4.78 is 0. The molecule has 1 aromatic heterocycles. The van der Waals surface area contributed by atoms with Gasteiger partial charge in [0.15, 0.2) is 0 Å². The van der Waals surface area contributed by atoms with Crippen molar-refractivity contribution in [3.63, 3.8) is 0 Å². The van der Waals surface area contributed by atoms with Gasteiger partial charge < -0.3 is 11.1 Å². The van der Waals surface area contributed by atoms with Gasteiger partial charge in [0, 0.05) is 18.1 Å². The molecule has 4 nitrogen and oxygen atoms in total. The monoisotopic (exact) mass is 303 g/mol. The quantitative estimate of drug-likeness (QED) is 0.776. The topological polar surface area (TPSA) is 68.0 Å². The van der Waals surface area contributed by atoms with E-state index in [1.54, 1.807) is 12.4 Å². The zero-order valence-electron chi connectivity index (χ0n) is 12.5. The summed E-state index contributed by atoms with van der Waals surface area (Å²) in [6, 6.07) is 20.2. The number of nitrogens with zero attached hydrogens (tertiary/aromatic N) is 1. The van der Waals surface area contributed by atoms with Crippen LogP contribution >= 0.6 is 0 Å². The molecule has 1 atom stereocenters. The number of nitrogens with two attached hydrogens (primary N) is 1. The third kappa shape index (κ3) is 3.62. The van der Waals surface area contributed by atoms with Crippen LogP contribution in [0.4, 0.5) is 5.69 Å². The molecule has 114 valence electrons. The highest BCUT2D eigenvalue weighted by Gasteiger charge is 2.15. The van der Waals surface area contributed by atoms with Crippen molar-refractivity contribution < 1.29 is 4.79 Å². The minimum Gasteiger partial charge on any atom is -0.324 e. The Morgan fingerprint density at radius 3 is 2.13 bits per heavy atom. The number of rotatable bonds is 4. The maximum Gasteiger partial charge on any atom is 0.245 e. The summed E-state index contributed by atoms with van der Waals surface area (Å²) in [5.74, 6) is -0.229. The van der Waals surface area contributed by atoms with Crippen molar-refractivity contribution in [1.29, 1.82) is 0 Å². The molecule has 3 rings (SSSR count). The van der Waals surface area contributed by atoms with Gasteiger partial charge in [0.05, 0.1) is 0 Å². The van der Waals surface area contributed by atoms with Crippen molar-refractivity contribution in [3.05, 3.63) is 84.7 Å². The minimum atomic E-state index is -0.684. The number of carbonyl (C=O) groups excluding carboxylic acids is 1. The number of nitrogens with one attached hydrogen (secondary N) is 1. The molecular weight excluding hydrogens is 286 g/mol. The highest BCUT2D eigenvalue weighted by molar-refractivity contribution is 5.95. The zero-order valence-corrected chi connectivity index (χ0v) is 12.5. The minimum absolute atomic E-state index is 0.229. The Morgan fingerprint density at radius 2 is 1.48 bits per heavy atom. The number of hydrogen-bond acceptors (Lipinski definition) is 3. The molecule has 4 heteroatoms. The Morgan fingerprint density at radius 1 is 0.870 bits per heavy atom. The number of aromatic nitrogens is 1. The standard InChI is InChI=1S/C19H17N3O/c20-18(16-4-2-1-3-5-16)19(23)22-17-8-6-14(7-9-17)15-10-12-21-13-11-15/h1-13,18H,20H2,(H,22,23)/t18-/m1/s1. The van der Waals surface area contributed by atoms with Gasteiger partial charge in [-0.1, -0.05) is 42.5 Å². The lowest BCUT2D eigenvalue weighted by atomic mass is 10.1. The SMILES string of the molecule is N[C@@H](C(=O)Nc1ccc(-c2ccncc2)cc1)c1ccccc1. The van der Waals surface area contributed by atoms with Gasteiger partial charge in [-0.25, -0.2) is 0 Å². The van der Waals surface area contributed by atoms with E-state index < -0.39 is 6.04 Å². The molecule has 0 aliphatic carbocycles. The average Bonchev–Trinajstić information content (AvgIpc) is 2.63. The summed E-state index contributed by atoms with van der Waals surface area (Å²) in [6.45, 7) is 0. The van der Waals surface area contributed by atoms with Gasteiger partial charge in [-0.2, -0.15) is 0 Å². The Hall–Kier alpha value is -2.98. The van der Waals surface area contributed by atoms with Gasteiger partial charge in [-0.05, 0) is 41.0 Å². The van der Waals surface area contributed by atoms with Crippen LogP contribution in [0.5, 0.6) is 0 Å². The summed E-state index contributed by atoms with van der Waals surface area (Å²) in [6.07, 6.45) is 3.51. The number of hydrogen-bond donors (Lipinski definition) is 2. The molecule has 0 bridgehead atoms. The lowest BCUT2D eigenvalue weighted by Crippen LogP contribution is -2.27.